The summed E-state index contributed by atoms with van der Waals surface area (Å²) in [7, 11) is -1.13. The summed E-state index contributed by atoms with van der Waals surface area (Å²) < 4.78 is 27.0. The third kappa shape index (κ3) is 5.05. The summed E-state index contributed by atoms with van der Waals surface area (Å²) in [5.74, 6) is 0. The number of hydrogen-bond donors (Lipinski definition) is 2. The highest BCUT2D eigenvalue weighted by Gasteiger charge is 2.37. The quantitative estimate of drug-likeness (QED) is 0.610. The smallest absolute Gasteiger partial charge is 0.436 e. The van der Waals surface area contributed by atoms with Crippen molar-refractivity contribution < 1.29 is 17.7 Å². The molecule has 2 heterocycles. The fraction of sp³-hybridized carbons (Fsp3) is 0.412. The van der Waals surface area contributed by atoms with E-state index in [0.717, 1.165) is 23.7 Å². The van der Waals surface area contributed by atoms with Gasteiger partial charge in [-0.2, -0.15) is 18.0 Å². The molecule has 1 aromatic heterocycles. The van der Waals surface area contributed by atoms with Crippen LogP contribution in [0.4, 0.5) is 16.2 Å². The zero-order valence-electron chi connectivity index (χ0n) is 16.4. The number of carbonyl (C=O) groups excluding carboxylic acids is 1. The molecular weight excluding hydrogens is 455 g/mol. The van der Waals surface area contributed by atoms with Gasteiger partial charge in [0.15, 0.2) is 0 Å². The van der Waals surface area contributed by atoms with E-state index in [1.807, 2.05) is 11.9 Å². The van der Waals surface area contributed by atoms with Gasteiger partial charge in [0.2, 0.25) is 0 Å². The summed E-state index contributed by atoms with van der Waals surface area (Å²) in [5.41, 5.74) is 0.328. The second-order valence-corrected chi connectivity index (χ2v) is 9.72. The fourth-order valence-electron chi connectivity index (χ4n) is 3.31. The molecule has 2 N–H and O–H groups in total. The van der Waals surface area contributed by atoms with Gasteiger partial charge in [0.05, 0.1) is 18.4 Å². The van der Waals surface area contributed by atoms with E-state index >= 15 is 0 Å². The molecule has 2 amide bonds. The number of likely N-dealkylation sites (N-methyl/N-ethyl adjacent to an activating group) is 1. The molecule has 3 rings (SSSR count). The molecule has 0 bridgehead atoms. The maximum absolute atomic E-state index is 13.1. The Labute approximate surface area is 184 Å². The van der Waals surface area contributed by atoms with E-state index < -0.39 is 20.7 Å². The number of likely N-dealkylation sites (tertiary alicyclic amines) is 1. The number of aromatic nitrogens is 2. The van der Waals surface area contributed by atoms with Gasteiger partial charge in [-0.25, -0.2) is 9.10 Å². The predicted molar refractivity (Wildman–Crippen MR) is 115 cm³/mol. The number of aryl methyl sites for hydroxylation is 1. The van der Waals surface area contributed by atoms with E-state index in [0.29, 0.717) is 0 Å². The summed E-state index contributed by atoms with van der Waals surface area (Å²) in [6.45, 7) is 0.863. The monoisotopic (exact) mass is 476 g/mol. The minimum Gasteiger partial charge on any atom is -0.608 e. The Bertz CT molecular complexity index is 1010. The summed E-state index contributed by atoms with van der Waals surface area (Å²) in [6, 6.07) is 2.78. The van der Waals surface area contributed by atoms with Crippen molar-refractivity contribution in [1.29, 1.82) is 0 Å². The molecule has 1 aliphatic heterocycles. The van der Waals surface area contributed by atoms with Crippen LogP contribution in [0.15, 0.2) is 30.6 Å². The third-order valence-corrected chi connectivity index (χ3v) is 6.89. The van der Waals surface area contributed by atoms with Gasteiger partial charge in [-0.3, -0.25) is 10.00 Å². The van der Waals surface area contributed by atoms with E-state index in [1.165, 1.54) is 35.3 Å². The van der Waals surface area contributed by atoms with Crippen molar-refractivity contribution in [1.82, 2.24) is 14.7 Å². The van der Waals surface area contributed by atoms with Gasteiger partial charge < -0.3 is 10.1 Å². The molecular formula is C17H22Cl2N6O4S. The first kappa shape index (κ1) is 22.8. The molecule has 13 heteroatoms. The number of urea groups is 1. The molecule has 2 aromatic rings. The molecule has 1 aliphatic rings. The summed E-state index contributed by atoms with van der Waals surface area (Å²) in [6.07, 6.45) is 4.53. The van der Waals surface area contributed by atoms with Crippen LogP contribution >= 0.6 is 23.2 Å². The molecule has 30 heavy (non-hydrogen) atoms. The standard InChI is InChI=1S/C17H22Cl2N6O4S/c1-22-5-3-4-15(22)11-24(16-9-20-23(2)10-16)30(28,29)25(27)17(26)21-14-7-12(18)6-13(19)8-14/h6-10,15,25H,3-5,11H2,1-2H3,(H,21,26)/t15-/m0/s1. The number of nitrogens with one attached hydrogen (secondary N) is 2. The minimum absolute atomic E-state index is 0.0343. The fourth-order valence-corrected chi connectivity index (χ4v) is 5.06. The highest BCUT2D eigenvalue weighted by Crippen LogP contribution is 2.23. The zero-order chi connectivity index (χ0) is 22.1. The number of quaternary nitrogens is 1. The van der Waals surface area contributed by atoms with Crippen molar-refractivity contribution in [3.05, 3.63) is 45.8 Å². The Morgan fingerprint density at radius 1 is 1.33 bits per heavy atom. The van der Waals surface area contributed by atoms with Crippen molar-refractivity contribution in [3.63, 3.8) is 0 Å². The number of nitrogens with zero attached hydrogens (tertiary/aromatic N) is 4. The first-order valence-electron chi connectivity index (χ1n) is 9.11. The first-order chi connectivity index (χ1) is 14.1. The van der Waals surface area contributed by atoms with Crippen molar-refractivity contribution >= 4 is 50.8 Å². The van der Waals surface area contributed by atoms with E-state index in [-0.39, 0.29) is 34.0 Å². The molecule has 1 fully saturated rings. The van der Waals surface area contributed by atoms with Crippen LogP contribution in [0.1, 0.15) is 12.8 Å². The second kappa shape index (κ2) is 9.08. The average Bonchev–Trinajstić information content (AvgIpc) is 3.25. The van der Waals surface area contributed by atoms with Gasteiger partial charge >= 0.3 is 16.2 Å². The van der Waals surface area contributed by atoms with Gasteiger partial charge in [0.25, 0.3) is 0 Å². The number of hydroxylamine groups is 1. The van der Waals surface area contributed by atoms with Crippen LogP contribution in [0.25, 0.3) is 0 Å². The van der Waals surface area contributed by atoms with Gasteiger partial charge in [0, 0.05) is 35.0 Å². The maximum atomic E-state index is 13.1. The highest BCUT2D eigenvalue weighted by molar-refractivity contribution is 7.86. The molecule has 0 aliphatic carbocycles. The van der Waals surface area contributed by atoms with Crippen molar-refractivity contribution in [2.45, 2.75) is 18.9 Å². The lowest BCUT2D eigenvalue weighted by Gasteiger charge is -2.31. The molecule has 0 radical (unpaired) electrons. The van der Waals surface area contributed by atoms with Crippen LogP contribution in [0.5, 0.6) is 0 Å². The molecule has 164 valence electrons. The molecule has 0 saturated carbocycles. The van der Waals surface area contributed by atoms with Gasteiger partial charge in [0.1, 0.15) is 0 Å². The number of halogens is 2. The Balaban J connectivity index is 1.86. The molecule has 0 spiro atoms. The van der Waals surface area contributed by atoms with E-state index in [1.54, 1.807) is 7.05 Å². The van der Waals surface area contributed by atoms with E-state index in [9.17, 15) is 18.4 Å². The summed E-state index contributed by atoms with van der Waals surface area (Å²) >= 11 is 11.8. The van der Waals surface area contributed by atoms with Crippen LogP contribution in [0.2, 0.25) is 10.0 Å². The SMILES string of the molecule is CN1CCC[C@H]1CN(c1cnn(C)c1)S(=O)(=O)[NH+]([O-])C(=O)Nc1cc(Cl)cc(Cl)c1. The third-order valence-electron chi connectivity index (χ3n) is 4.86. The Kier molecular flexibility index (Phi) is 6.90. The first-order valence-corrected chi connectivity index (χ1v) is 11.3. The largest absolute Gasteiger partial charge is 0.608 e. The van der Waals surface area contributed by atoms with Crippen LogP contribution in [-0.4, -0.2) is 55.3 Å². The number of amides is 2. The van der Waals surface area contributed by atoms with Crippen LogP contribution in [-0.2, 0) is 17.3 Å². The number of carbonyl (C=O) groups is 1. The number of hydrogen-bond acceptors (Lipinski definition) is 6. The molecule has 2 atom stereocenters. The normalized spacial score (nSPS) is 18.4. The summed E-state index contributed by atoms with van der Waals surface area (Å²) in [4.78, 5) is 14.5. The molecule has 10 nitrogen and oxygen atoms in total. The highest BCUT2D eigenvalue weighted by atomic mass is 35.5. The summed E-state index contributed by atoms with van der Waals surface area (Å²) in [5, 5.41) is 19.4. The van der Waals surface area contributed by atoms with Gasteiger partial charge in [-0.05, 0) is 44.6 Å². The Morgan fingerprint density at radius 2 is 2.00 bits per heavy atom. The van der Waals surface area contributed by atoms with Crippen LogP contribution in [0.3, 0.4) is 0 Å². The Hall–Kier alpha value is -1.89. The number of rotatable bonds is 6. The number of benzene rings is 1. The van der Waals surface area contributed by atoms with Gasteiger partial charge in [-0.15, -0.1) is 0 Å². The van der Waals surface area contributed by atoms with Crippen molar-refractivity contribution in [2.75, 3.05) is 29.8 Å². The van der Waals surface area contributed by atoms with Crippen molar-refractivity contribution in [2.24, 2.45) is 7.05 Å². The average molecular weight is 477 g/mol. The zero-order valence-corrected chi connectivity index (χ0v) is 18.7. The Morgan fingerprint density at radius 3 is 2.53 bits per heavy atom. The minimum atomic E-state index is -4.65. The predicted octanol–water partition coefficient (Wildman–Crippen LogP) is 1.49. The number of anilines is 2. The van der Waals surface area contributed by atoms with E-state index in [2.05, 4.69) is 10.4 Å². The topological polar surface area (TPSA) is 115 Å². The van der Waals surface area contributed by atoms with Crippen LogP contribution < -0.4 is 14.1 Å². The van der Waals surface area contributed by atoms with Gasteiger partial charge in [-0.1, -0.05) is 23.2 Å². The van der Waals surface area contributed by atoms with E-state index in [4.69, 9.17) is 23.2 Å². The lowest BCUT2D eigenvalue weighted by Crippen LogP contribution is -3.14. The lowest BCUT2D eigenvalue weighted by molar-refractivity contribution is -0.604. The van der Waals surface area contributed by atoms with Crippen LogP contribution in [0, 0.1) is 5.21 Å². The molecule has 1 unspecified atom stereocenters. The lowest BCUT2D eigenvalue weighted by atomic mass is 10.2. The molecule has 1 saturated heterocycles. The maximum Gasteiger partial charge on any atom is 0.436 e. The van der Waals surface area contributed by atoms with Crippen molar-refractivity contribution in [3.8, 4) is 0 Å². The second-order valence-electron chi connectivity index (χ2n) is 7.08. The molecule has 1 aromatic carbocycles.